The molecule has 0 aromatic rings. The molecule has 0 saturated heterocycles. The van der Waals surface area contributed by atoms with E-state index in [0.29, 0.717) is 32.0 Å². The first-order chi connectivity index (χ1) is 3.85. The van der Waals surface area contributed by atoms with Crippen LogP contribution in [0.2, 0.25) is 11.4 Å². The van der Waals surface area contributed by atoms with Gasteiger partial charge < -0.3 is 0 Å². The zero-order chi connectivity index (χ0) is 6.41. The van der Waals surface area contributed by atoms with Crippen LogP contribution >= 0.6 is 0 Å². The predicted octanol–water partition coefficient (Wildman–Crippen LogP) is 0.498. The van der Waals surface area contributed by atoms with Crippen molar-refractivity contribution in [2.45, 2.75) is 24.8 Å². The van der Waals surface area contributed by atoms with Crippen molar-refractivity contribution in [3.8, 4) is 0 Å². The van der Waals surface area contributed by atoms with Gasteiger partial charge in [0.2, 0.25) is 0 Å². The van der Waals surface area contributed by atoms with E-state index in [4.69, 9.17) is 0 Å². The Morgan fingerprint density at radius 1 is 1.25 bits per heavy atom. The van der Waals surface area contributed by atoms with Gasteiger partial charge in [-0.25, -0.2) is 0 Å². The second-order valence-corrected chi connectivity index (χ2v) is 7.71. The number of nitrogens with zero attached hydrogens (tertiary/aromatic N) is 1. The van der Waals surface area contributed by atoms with Crippen molar-refractivity contribution in [1.29, 1.82) is 0 Å². The molecule has 0 fully saturated rings. The molecule has 0 heterocycles. The van der Waals surface area contributed by atoms with E-state index in [0.717, 1.165) is 0 Å². The monoisotopic (exact) mass is 239 g/mol. The van der Waals surface area contributed by atoms with E-state index in [1.54, 1.807) is 0 Å². The molecular formula is C5H15As2N. The van der Waals surface area contributed by atoms with Gasteiger partial charge in [0.05, 0.1) is 0 Å². The third kappa shape index (κ3) is 4.01. The van der Waals surface area contributed by atoms with Gasteiger partial charge in [-0.15, -0.1) is 0 Å². The summed E-state index contributed by atoms with van der Waals surface area (Å²) in [7, 11) is 0. The average Bonchev–Trinajstić information content (AvgIpc) is 1.83. The maximum absolute atomic E-state index is 2.68. The maximum atomic E-state index is 2.68. The zero-order valence-electron chi connectivity index (χ0n) is 5.86. The van der Waals surface area contributed by atoms with Crippen LogP contribution in [0, 0.1) is 0 Å². The fourth-order valence-corrected chi connectivity index (χ4v) is 5.34. The van der Waals surface area contributed by atoms with Gasteiger partial charge in [0, 0.05) is 0 Å². The van der Waals surface area contributed by atoms with Crippen molar-refractivity contribution < 1.29 is 0 Å². The third-order valence-electron chi connectivity index (χ3n) is 0.987. The van der Waals surface area contributed by atoms with E-state index in [2.05, 4.69) is 21.1 Å². The first kappa shape index (κ1) is 9.08. The zero-order valence-corrected chi connectivity index (χ0v) is 10.1. The normalized spacial score (nSPS) is 13.5. The van der Waals surface area contributed by atoms with Crippen LogP contribution in [0.3, 0.4) is 0 Å². The Morgan fingerprint density at radius 3 is 1.88 bits per heavy atom. The molecule has 1 nitrogen and oxygen atoms in total. The van der Waals surface area contributed by atoms with Crippen molar-refractivity contribution in [2.75, 3.05) is 6.54 Å². The first-order valence-electron chi connectivity index (χ1n) is 2.97. The van der Waals surface area contributed by atoms with Gasteiger partial charge in [0.15, 0.2) is 0 Å². The minimum absolute atomic E-state index is 0.311. The van der Waals surface area contributed by atoms with Crippen molar-refractivity contribution in [3.63, 3.8) is 0 Å². The SMILES string of the molecule is CCCN([AsH]C)[AsH]C. The number of hydrogen-bond donors (Lipinski definition) is 0. The van der Waals surface area contributed by atoms with Gasteiger partial charge >= 0.3 is 66.0 Å². The standard InChI is InChI=1S/C5H15As2N/c1-4-5-8(6-2)7-3/h6-7H,4-5H2,1-3H3. The minimum atomic E-state index is 0.311. The molecule has 0 N–H and O–H groups in total. The second-order valence-electron chi connectivity index (χ2n) is 1.60. The molecule has 0 aromatic heterocycles. The molecule has 0 bridgehead atoms. The van der Waals surface area contributed by atoms with E-state index < -0.39 is 0 Å². The van der Waals surface area contributed by atoms with Crippen LogP contribution in [-0.2, 0) is 0 Å². The summed E-state index contributed by atoms with van der Waals surface area (Å²) < 4.78 is 2.68. The summed E-state index contributed by atoms with van der Waals surface area (Å²) in [6.45, 7) is 3.63. The molecule has 0 amide bonds. The molecule has 3 heteroatoms. The topological polar surface area (TPSA) is 3.24 Å². The molecule has 0 aliphatic heterocycles. The summed E-state index contributed by atoms with van der Waals surface area (Å²) in [6.07, 6.45) is 1.34. The molecule has 50 valence electrons. The fourth-order valence-electron chi connectivity index (χ4n) is 0.559. The quantitative estimate of drug-likeness (QED) is 0.645. The summed E-state index contributed by atoms with van der Waals surface area (Å²) in [5.41, 5.74) is 4.73. The van der Waals surface area contributed by atoms with Gasteiger partial charge in [-0.2, -0.15) is 0 Å². The molecular weight excluding hydrogens is 224 g/mol. The van der Waals surface area contributed by atoms with Crippen LogP contribution in [0.15, 0.2) is 0 Å². The molecule has 0 saturated carbocycles. The second kappa shape index (κ2) is 6.20. The van der Waals surface area contributed by atoms with Gasteiger partial charge in [0.25, 0.3) is 0 Å². The van der Waals surface area contributed by atoms with Gasteiger partial charge in [-0.3, -0.25) is 0 Å². The molecule has 2 unspecified atom stereocenters. The molecule has 0 aromatic carbocycles. The summed E-state index contributed by atoms with van der Waals surface area (Å²) >= 11 is 0.621. The van der Waals surface area contributed by atoms with Crippen molar-refractivity contribution in [2.24, 2.45) is 0 Å². The van der Waals surface area contributed by atoms with Crippen molar-refractivity contribution >= 4 is 32.0 Å². The third-order valence-corrected chi connectivity index (χ3v) is 9.07. The average molecular weight is 239 g/mol. The van der Waals surface area contributed by atoms with Crippen LogP contribution in [0.1, 0.15) is 13.3 Å². The van der Waals surface area contributed by atoms with Gasteiger partial charge in [0.1, 0.15) is 0 Å². The van der Waals surface area contributed by atoms with E-state index in [1.807, 2.05) is 0 Å². The molecule has 0 aliphatic carbocycles. The van der Waals surface area contributed by atoms with Gasteiger partial charge in [-0.05, 0) is 0 Å². The molecule has 0 aliphatic rings. The van der Waals surface area contributed by atoms with Crippen LogP contribution in [0.25, 0.3) is 0 Å². The molecule has 0 spiro atoms. The van der Waals surface area contributed by atoms with E-state index in [9.17, 15) is 0 Å². The van der Waals surface area contributed by atoms with E-state index >= 15 is 0 Å². The van der Waals surface area contributed by atoms with Crippen LogP contribution in [-0.4, -0.2) is 41.2 Å². The van der Waals surface area contributed by atoms with Gasteiger partial charge in [-0.1, -0.05) is 0 Å². The predicted molar refractivity (Wildman–Crippen MR) is 43.0 cm³/mol. The van der Waals surface area contributed by atoms with Crippen molar-refractivity contribution in [3.05, 3.63) is 0 Å². The van der Waals surface area contributed by atoms with Crippen LogP contribution < -0.4 is 0 Å². The van der Waals surface area contributed by atoms with E-state index in [1.165, 1.54) is 13.0 Å². The van der Waals surface area contributed by atoms with Crippen LogP contribution in [0.5, 0.6) is 0 Å². The Hall–Kier alpha value is 1.08. The van der Waals surface area contributed by atoms with E-state index in [-0.39, 0.29) is 0 Å². The number of hydrogen-bond acceptors (Lipinski definition) is 1. The fraction of sp³-hybridized carbons (Fsp3) is 1.00. The summed E-state index contributed by atoms with van der Waals surface area (Å²) in [5, 5.41) is 0. The summed E-state index contributed by atoms with van der Waals surface area (Å²) in [5.74, 6) is 0. The molecule has 8 heavy (non-hydrogen) atoms. The molecule has 0 radical (unpaired) electrons. The Balaban J connectivity index is 3.07. The number of rotatable bonds is 4. The Labute approximate surface area is 66.0 Å². The first-order valence-corrected chi connectivity index (χ1v) is 9.04. The van der Waals surface area contributed by atoms with Crippen molar-refractivity contribution in [1.82, 2.24) is 2.73 Å². The summed E-state index contributed by atoms with van der Waals surface area (Å²) in [6, 6.07) is 0. The summed E-state index contributed by atoms with van der Waals surface area (Å²) in [4.78, 5) is 0. The Bertz CT molecular complexity index is 45.7. The molecule has 2 atom stereocenters. The van der Waals surface area contributed by atoms with Crippen LogP contribution in [0.4, 0.5) is 0 Å². The molecule has 0 rings (SSSR count). The Morgan fingerprint density at radius 2 is 1.75 bits per heavy atom. The Kier molecular flexibility index (Phi) is 7.04.